The Bertz CT molecular complexity index is 273. The van der Waals surface area contributed by atoms with Crippen molar-refractivity contribution in [1.29, 1.82) is 0 Å². The molecule has 2 N–H and O–H groups in total. The van der Waals surface area contributed by atoms with Crippen molar-refractivity contribution in [3.8, 4) is 0 Å². The molecule has 1 fully saturated rings. The Balaban J connectivity index is 2.51. The van der Waals surface area contributed by atoms with Gasteiger partial charge >= 0.3 is 0 Å². The van der Waals surface area contributed by atoms with E-state index in [9.17, 15) is 4.79 Å². The first-order valence-corrected chi connectivity index (χ1v) is 7.68. The molecule has 0 aliphatic carbocycles. The Morgan fingerprint density at radius 3 is 2.47 bits per heavy atom. The minimum Gasteiger partial charge on any atom is -0.354 e. The van der Waals surface area contributed by atoms with Crippen molar-refractivity contribution < 1.29 is 4.79 Å². The molecule has 4 nitrogen and oxygen atoms in total. The number of hydrogen-bond donors (Lipinski definition) is 2. The molecule has 4 heteroatoms. The molecule has 1 amide bonds. The molecular weight excluding hydrogens is 238 g/mol. The van der Waals surface area contributed by atoms with Crippen LogP contribution in [0.4, 0.5) is 0 Å². The van der Waals surface area contributed by atoms with Crippen molar-refractivity contribution in [2.45, 2.75) is 65.6 Å². The highest BCUT2D eigenvalue weighted by Crippen LogP contribution is 2.12. The maximum atomic E-state index is 12.2. The first-order valence-electron chi connectivity index (χ1n) is 7.68. The SMILES string of the molecule is CC(C)CNC(=O)C(C)N(CC1CCCN1)C(C)C. The number of carbonyl (C=O) groups is 1. The molecule has 0 aromatic carbocycles. The molecule has 0 spiro atoms. The van der Waals surface area contributed by atoms with Crippen LogP contribution in [0.3, 0.4) is 0 Å². The van der Waals surface area contributed by atoms with Gasteiger partial charge in [-0.2, -0.15) is 0 Å². The van der Waals surface area contributed by atoms with E-state index in [2.05, 4.69) is 43.2 Å². The van der Waals surface area contributed by atoms with Gasteiger partial charge in [-0.15, -0.1) is 0 Å². The number of hydrogen-bond acceptors (Lipinski definition) is 3. The summed E-state index contributed by atoms with van der Waals surface area (Å²) in [6.45, 7) is 13.4. The van der Waals surface area contributed by atoms with Gasteiger partial charge in [0.1, 0.15) is 0 Å². The summed E-state index contributed by atoms with van der Waals surface area (Å²) in [4.78, 5) is 14.5. The van der Waals surface area contributed by atoms with E-state index in [0.717, 1.165) is 19.6 Å². The summed E-state index contributed by atoms with van der Waals surface area (Å²) in [6.07, 6.45) is 2.48. The van der Waals surface area contributed by atoms with Crippen LogP contribution in [0, 0.1) is 5.92 Å². The van der Waals surface area contributed by atoms with Gasteiger partial charge in [-0.1, -0.05) is 13.8 Å². The fraction of sp³-hybridized carbons (Fsp3) is 0.933. The third kappa shape index (κ3) is 5.49. The number of nitrogens with zero attached hydrogens (tertiary/aromatic N) is 1. The maximum Gasteiger partial charge on any atom is 0.237 e. The van der Waals surface area contributed by atoms with Crippen LogP contribution in [-0.2, 0) is 4.79 Å². The van der Waals surface area contributed by atoms with Crippen LogP contribution in [0.5, 0.6) is 0 Å². The van der Waals surface area contributed by atoms with Crippen LogP contribution in [0.25, 0.3) is 0 Å². The van der Waals surface area contributed by atoms with Crippen LogP contribution in [0.2, 0.25) is 0 Å². The number of amides is 1. The van der Waals surface area contributed by atoms with Gasteiger partial charge < -0.3 is 10.6 Å². The van der Waals surface area contributed by atoms with E-state index >= 15 is 0 Å². The van der Waals surface area contributed by atoms with Crippen LogP contribution in [-0.4, -0.2) is 48.6 Å². The lowest BCUT2D eigenvalue weighted by Gasteiger charge is -2.34. The number of carbonyl (C=O) groups excluding carboxylic acids is 1. The lowest BCUT2D eigenvalue weighted by Crippen LogP contribution is -2.52. The summed E-state index contributed by atoms with van der Waals surface area (Å²) >= 11 is 0. The molecule has 1 aliphatic rings. The summed E-state index contributed by atoms with van der Waals surface area (Å²) in [7, 11) is 0. The van der Waals surface area contributed by atoms with Crippen LogP contribution in [0.1, 0.15) is 47.5 Å². The summed E-state index contributed by atoms with van der Waals surface area (Å²) in [5.74, 6) is 0.653. The molecule has 112 valence electrons. The third-order valence-electron chi connectivity index (χ3n) is 3.82. The van der Waals surface area contributed by atoms with Gasteiger partial charge in [0.2, 0.25) is 5.91 Å². The average molecular weight is 269 g/mol. The molecule has 0 aromatic rings. The average Bonchev–Trinajstić information content (AvgIpc) is 2.84. The van der Waals surface area contributed by atoms with Crippen molar-refractivity contribution in [2.75, 3.05) is 19.6 Å². The number of rotatable bonds is 7. The topological polar surface area (TPSA) is 44.4 Å². The molecule has 2 unspecified atom stereocenters. The largest absolute Gasteiger partial charge is 0.354 e. The van der Waals surface area contributed by atoms with E-state index in [1.165, 1.54) is 12.8 Å². The summed E-state index contributed by atoms with van der Waals surface area (Å²) < 4.78 is 0. The van der Waals surface area contributed by atoms with Gasteiger partial charge in [-0.25, -0.2) is 0 Å². The predicted octanol–water partition coefficient (Wildman–Crippen LogP) is 1.61. The first kappa shape index (κ1) is 16.4. The summed E-state index contributed by atoms with van der Waals surface area (Å²) in [5.41, 5.74) is 0. The molecule has 19 heavy (non-hydrogen) atoms. The highest BCUT2D eigenvalue weighted by Gasteiger charge is 2.27. The molecule has 0 aromatic heterocycles. The molecule has 1 heterocycles. The molecule has 0 bridgehead atoms. The first-order chi connectivity index (χ1) is 8.91. The zero-order valence-corrected chi connectivity index (χ0v) is 13.2. The van der Waals surface area contributed by atoms with E-state index in [1.807, 2.05) is 6.92 Å². The molecule has 1 rings (SSSR count). The van der Waals surface area contributed by atoms with Gasteiger partial charge in [0, 0.05) is 25.2 Å². The number of nitrogens with one attached hydrogen (secondary N) is 2. The zero-order valence-electron chi connectivity index (χ0n) is 13.2. The Morgan fingerprint density at radius 2 is 2.00 bits per heavy atom. The normalized spacial score (nSPS) is 21.4. The highest BCUT2D eigenvalue weighted by atomic mass is 16.2. The molecule has 1 aliphatic heterocycles. The van der Waals surface area contributed by atoms with Crippen molar-refractivity contribution >= 4 is 5.91 Å². The van der Waals surface area contributed by atoms with Crippen LogP contribution < -0.4 is 10.6 Å². The molecular formula is C15H31N3O. The van der Waals surface area contributed by atoms with E-state index in [1.54, 1.807) is 0 Å². The summed E-state index contributed by atoms with van der Waals surface area (Å²) in [6, 6.07) is 0.881. The van der Waals surface area contributed by atoms with Crippen molar-refractivity contribution in [2.24, 2.45) is 5.92 Å². The molecule has 0 saturated carbocycles. The second-order valence-corrected chi connectivity index (χ2v) is 6.40. The van der Waals surface area contributed by atoms with Crippen LogP contribution >= 0.6 is 0 Å². The minimum absolute atomic E-state index is 0.0545. The maximum absolute atomic E-state index is 12.2. The second kappa shape index (κ2) is 7.85. The fourth-order valence-electron chi connectivity index (χ4n) is 2.59. The van der Waals surface area contributed by atoms with E-state index in [0.29, 0.717) is 18.0 Å². The lowest BCUT2D eigenvalue weighted by atomic mass is 10.1. The minimum atomic E-state index is -0.0545. The van der Waals surface area contributed by atoms with E-state index in [4.69, 9.17) is 0 Å². The van der Waals surface area contributed by atoms with E-state index in [-0.39, 0.29) is 11.9 Å². The molecule has 1 saturated heterocycles. The smallest absolute Gasteiger partial charge is 0.237 e. The monoisotopic (exact) mass is 269 g/mol. The van der Waals surface area contributed by atoms with Crippen LogP contribution in [0.15, 0.2) is 0 Å². The fourth-order valence-corrected chi connectivity index (χ4v) is 2.59. The van der Waals surface area contributed by atoms with Gasteiger partial charge in [0.25, 0.3) is 0 Å². The summed E-state index contributed by atoms with van der Waals surface area (Å²) in [5, 5.41) is 6.55. The Morgan fingerprint density at radius 1 is 1.32 bits per heavy atom. The van der Waals surface area contributed by atoms with Gasteiger partial charge in [0.05, 0.1) is 6.04 Å². The predicted molar refractivity (Wildman–Crippen MR) is 80.2 cm³/mol. The Kier molecular flexibility index (Phi) is 6.80. The van der Waals surface area contributed by atoms with Crippen molar-refractivity contribution in [3.63, 3.8) is 0 Å². The molecule has 2 atom stereocenters. The van der Waals surface area contributed by atoms with Crippen molar-refractivity contribution in [1.82, 2.24) is 15.5 Å². The van der Waals surface area contributed by atoms with Crippen molar-refractivity contribution in [3.05, 3.63) is 0 Å². The van der Waals surface area contributed by atoms with Gasteiger partial charge in [-0.3, -0.25) is 9.69 Å². The third-order valence-corrected chi connectivity index (χ3v) is 3.82. The molecule has 0 radical (unpaired) electrons. The second-order valence-electron chi connectivity index (χ2n) is 6.40. The standard InChI is InChI=1S/C15H31N3O/c1-11(2)9-17-15(19)13(5)18(12(3)4)10-14-7-6-8-16-14/h11-14,16H,6-10H2,1-5H3,(H,17,19). The highest BCUT2D eigenvalue weighted by molar-refractivity contribution is 5.81. The van der Waals surface area contributed by atoms with E-state index < -0.39 is 0 Å². The zero-order chi connectivity index (χ0) is 14.4. The lowest BCUT2D eigenvalue weighted by molar-refractivity contribution is -0.126. The quantitative estimate of drug-likeness (QED) is 0.738. The Labute approximate surface area is 118 Å². The van der Waals surface area contributed by atoms with Gasteiger partial charge in [-0.05, 0) is 46.1 Å². The van der Waals surface area contributed by atoms with Gasteiger partial charge in [0.15, 0.2) is 0 Å². The Hall–Kier alpha value is -0.610.